The Labute approximate surface area is 142 Å². The second kappa shape index (κ2) is 6.87. The first-order chi connectivity index (χ1) is 11.6. The number of hydrogen-bond donors (Lipinski definition) is 0. The minimum absolute atomic E-state index is 0.204. The number of anilines is 1. The largest absolute Gasteiger partial charge is 0.465 e. The maximum Gasteiger partial charge on any atom is 0.337 e. The summed E-state index contributed by atoms with van der Waals surface area (Å²) >= 11 is 0. The molecule has 124 valence electrons. The molecule has 0 aliphatic carbocycles. The van der Waals surface area contributed by atoms with Crippen molar-refractivity contribution in [3.8, 4) is 11.1 Å². The predicted octanol–water partition coefficient (Wildman–Crippen LogP) is 3.97. The number of benzene rings is 2. The monoisotopic (exact) mass is 323 g/mol. The summed E-state index contributed by atoms with van der Waals surface area (Å²) in [7, 11) is 1.38. The first kappa shape index (κ1) is 16.2. The van der Waals surface area contributed by atoms with Crippen LogP contribution in [0.2, 0.25) is 0 Å². The Hall–Kier alpha value is -2.62. The highest BCUT2D eigenvalue weighted by molar-refractivity contribution is 5.94. The summed E-state index contributed by atoms with van der Waals surface area (Å²) in [5.41, 5.74) is 4.74. The molecule has 1 saturated heterocycles. The molecule has 2 aromatic rings. The van der Waals surface area contributed by atoms with Crippen molar-refractivity contribution in [2.45, 2.75) is 26.2 Å². The van der Waals surface area contributed by atoms with Crippen molar-refractivity contribution in [3.63, 3.8) is 0 Å². The number of piperidine rings is 1. The van der Waals surface area contributed by atoms with Crippen LogP contribution in [0.1, 0.15) is 35.2 Å². The predicted molar refractivity (Wildman–Crippen MR) is 94.2 cm³/mol. The number of ether oxygens (including phenoxy) is 1. The van der Waals surface area contributed by atoms with Crippen LogP contribution in [0.25, 0.3) is 11.1 Å². The molecule has 0 N–H and O–H groups in total. The van der Waals surface area contributed by atoms with E-state index in [0.717, 1.165) is 41.8 Å². The van der Waals surface area contributed by atoms with Gasteiger partial charge in [0.2, 0.25) is 5.91 Å². The molecule has 0 spiro atoms. The number of methoxy groups -OCH3 is 1. The van der Waals surface area contributed by atoms with Gasteiger partial charge in [-0.05, 0) is 60.7 Å². The number of aryl methyl sites for hydroxylation is 1. The van der Waals surface area contributed by atoms with Crippen molar-refractivity contribution in [1.82, 2.24) is 0 Å². The van der Waals surface area contributed by atoms with Gasteiger partial charge in [-0.2, -0.15) is 0 Å². The standard InChI is InChI=1S/C20H21NO3/c1-14-13-17(21-12-4-3-5-19(21)22)10-11-18(14)15-6-8-16(9-7-15)20(23)24-2/h6-11,13H,3-5,12H2,1-2H3. The Morgan fingerprint density at radius 3 is 2.46 bits per heavy atom. The average molecular weight is 323 g/mol. The van der Waals surface area contributed by atoms with Gasteiger partial charge in [0.1, 0.15) is 0 Å². The molecule has 2 aromatic carbocycles. The Balaban J connectivity index is 1.87. The molecule has 0 aromatic heterocycles. The van der Waals surface area contributed by atoms with Gasteiger partial charge in [0.25, 0.3) is 0 Å². The van der Waals surface area contributed by atoms with Gasteiger partial charge in [0.05, 0.1) is 12.7 Å². The smallest absolute Gasteiger partial charge is 0.337 e. The normalized spacial score (nSPS) is 14.6. The third-order valence-electron chi connectivity index (χ3n) is 4.46. The Kier molecular flexibility index (Phi) is 4.65. The average Bonchev–Trinajstić information content (AvgIpc) is 2.61. The van der Waals surface area contributed by atoms with Crippen molar-refractivity contribution in [2.24, 2.45) is 0 Å². The number of esters is 1. The maximum atomic E-state index is 12.1. The topological polar surface area (TPSA) is 46.6 Å². The van der Waals surface area contributed by atoms with E-state index in [4.69, 9.17) is 4.74 Å². The van der Waals surface area contributed by atoms with Crippen molar-refractivity contribution in [2.75, 3.05) is 18.6 Å². The lowest BCUT2D eigenvalue weighted by molar-refractivity contribution is -0.119. The summed E-state index contributed by atoms with van der Waals surface area (Å²) in [6.07, 6.45) is 2.68. The van der Waals surface area contributed by atoms with Gasteiger partial charge in [-0.25, -0.2) is 4.79 Å². The van der Waals surface area contributed by atoms with Crippen LogP contribution in [0.4, 0.5) is 5.69 Å². The van der Waals surface area contributed by atoms with E-state index in [1.807, 2.05) is 36.1 Å². The first-order valence-electron chi connectivity index (χ1n) is 8.20. The second-order valence-corrected chi connectivity index (χ2v) is 6.07. The van der Waals surface area contributed by atoms with E-state index in [0.29, 0.717) is 12.0 Å². The van der Waals surface area contributed by atoms with E-state index in [2.05, 4.69) is 6.07 Å². The molecule has 0 bridgehead atoms. The van der Waals surface area contributed by atoms with Crippen molar-refractivity contribution >= 4 is 17.6 Å². The van der Waals surface area contributed by atoms with E-state index in [9.17, 15) is 9.59 Å². The zero-order valence-corrected chi connectivity index (χ0v) is 14.0. The van der Waals surface area contributed by atoms with Gasteiger partial charge in [0, 0.05) is 18.7 Å². The van der Waals surface area contributed by atoms with E-state index in [1.165, 1.54) is 7.11 Å². The Bertz CT molecular complexity index is 765. The zero-order valence-electron chi connectivity index (χ0n) is 14.0. The fraction of sp³-hybridized carbons (Fsp3) is 0.300. The number of nitrogens with zero attached hydrogens (tertiary/aromatic N) is 1. The molecule has 1 aliphatic rings. The molecule has 0 saturated carbocycles. The summed E-state index contributed by atoms with van der Waals surface area (Å²) < 4.78 is 4.72. The van der Waals surface area contributed by atoms with E-state index in [1.54, 1.807) is 12.1 Å². The molecule has 24 heavy (non-hydrogen) atoms. The minimum Gasteiger partial charge on any atom is -0.465 e. The van der Waals surface area contributed by atoms with Gasteiger partial charge >= 0.3 is 5.97 Å². The van der Waals surface area contributed by atoms with Gasteiger partial charge in [-0.15, -0.1) is 0 Å². The molecule has 1 aliphatic heterocycles. The summed E-state index contributed by atoms with van der Waals surface area (Å²) in [4.78, 5) is 25.5. The van der Waals surface area contributed by atoms with Crippen molar-refractivity contribution in [1.29, 1.82) is 0 Å². The van der Waals surface area contributed by atoms with Gasteiger partial charge in [0.15, 0.2) is 0 Å². The third kappa shape index (κ3) is 3.18. The maximum absolute atomic E-state index is 12.1. The summed E-state index contributed by atoms with van der Waals surface area (Å²) in [5.74, 6) is -0.131. The molecule has 3 rings (SSSR count). The molecule has 0 radical (unpaired) electrons. The Morgan fingerprint density at radius 1 is 1.08 bits per heavy atom. The molecular weight excluding hydrogens is 302 g/mol. The summed E-state index contributed by atoms with van der Waals surface area (Å²) in [6.45, 7) is 2.84. The third-order valence-corrected chi connectivity index (χ3v) is 4.46. The lowest BCUT2D eigenvalue weighted by atomic mass is 9.98. The van der Waals surface area contributed by atoms with Crippen LogP contribution < -0.4 is 4.90 Å². The number of amides is 1. The van der Waals surface area contributed by atoms with Gasteiger partial charge < -0.3 is 9.64 Å². The molecule has 4 nitrogen and oxygen atoms in total. The molecule has 1 fully saturated rings. The number of carbonyl (C=O) groups excluding carboxylic acids is 2. The van der Waals surface area contributed by atoms with Crippen molar-refractivity contribution < 1.29 is 14.3 Å². The van der Waals surface area contributed by atoms with Crippen LogP contribution in [-0.4, -0.2) is 25.5 Å². The SMILES string of the molecule is COC(=O)c1ccc(-c2ccc(N3CCCCC3=O)cc2C)cc1. The van der Waals surface area contributed by atoms with Crippen LogP contribution in [0.15, 0.2) is 42.5 Å². The lowest BCUT2D eigenvalue weighted by Gasteiger charge is -2.27. The van der Waals surface area contributed by atoms with Gasteiger partial charge in [-0.1, -0.05) is 18.2 Å². The molecule has 4 heteroatoms. The second-order valence-electron chi connectivity index (χ2n) is 6.07. The van der Waals surface area contributed by atoms with Crippen LogP contribution in [0.5, 0.6) is 0 Å². The van der Waals surface area contributed by atoms with Gasteiger partial charge in [-0.3, -0.25) is 4.79 Å². The lowest BCUT2D eigenvalue weighted by Crippen LogP contribution is -2.35. The highest BCUT2D eigenvalue weighted by Gasteiger charge is 2.20. The molecule has 1 heterocycles. The zero-order chi connectivity index (χ0) is 17.1. The quantitative estimate of drug-likeness (QED) is 0.803. The number of carbonyl (C=O) groups is 2. The fourth-order valence-corrected chi connectivity index (χ4v) is 3.12. The summed E-state index contributed by atoms with van der Waals surface area (Å²) in [6, 6.07) is 13.5. The van der Waals surface area contributed by atoms with Crippen LogP contribution >= 0.6 is 0 Å². The molecular formula is C20H21NO3. The molecule has 0 unspecified atom stereocenters. The molecule has 1 amide bonds. The van der Waals surface area contributed by atoms with Crippen LogP contribution in [-0.2, 0) is 9.53 Å². The highest BCUT2D eigenvalue weighted by Crippen LogP contribution is 2.29. The minimum atomic E-state index is -0.336. The number of rotatable bonds is 3. The highest BCUT2D eigenvalue weighted by atomic mass is 16.5. The Morgan fingerprint density at radius 2 is 1.83 bits per heavy atom. The van der Waals surface area contributed by atoms with E-state index < -0.39 is 0 Å². The number of hydrogen-bond acceptors (Lipinski definition) is 3. The van der Waals surface area contributed by atoms with E-state index in [-0.39, 0.29) is 11.9 Å². The fourth-order valence-electron chi connectivity index (χ4n) is 3.12. The van der Waals surface area contributed by atoms with Crippen molar-refractivity contribution in [3.05, 3.63) is 53.6 Å². The molecule has 0 atom stereocenters. The van der Waals surface area contributed by atoms with Crippen LogP contribution in [0.3, 0.4) is 0 Å². The summed E-state index contributed by atoms with van der Waals surface area (Å²) in [5, 5.41) is 0. The van der Waals surface area contributed by atoms with E-state index >= 15 is 0 Å². The van der Waals surface area contributed by atoms with Crippen LogP contribution in [0, 0.1) is 6.92 Å². The first-order valence-corrected chi connectivity index (χ1v) is 8.20.